The second-order valence-corrected chi connectivity index (χ2v) is 8.70. The van der Waals surface area contributed by atoms with E-state index in [0.29, 0.717) is 16.5 Å². The Hall–Kier alpha value is -2.60. The highest BCUT2D eigenvalue weighted by atomic mass is 19.4. The van der Waals surface area contributed by atoms with Gasteiger partial charge in [-0.25, -0.2) is 0 Å². The molecule has 0 saturated carbocycles. The predicted octanol–water partition coefficient (Wildman–Crippen LogP) is 5.50. The molecule has 160 valence electrons. The number of halogens is 3. The Bertz CT molecular complexity index is 1010. The molecule has 6 heteroatoms. The first-order valence-electron chi connectivity index (χ1n) is 9.83. The van der Waals surface area contributed by atoms with Gasteiger partial charge in [-0.1, -0.05) is 44.2 Å². The highest BCUT2D eigenvalue weighted by Crippen LogP contribution is 2.43. The summed E-state index contributed by atoms with van der Waals surface area (Å²) in [5.41, 5.74) is -1.02. The lowest BCUT2D eigenvalue weighted by Gasteiger charge is -2.38. The van der Waals surface area contributed by atoms with Gasteiger partial charge in [0.15, 0.2) is 5.60 Å². The Kier molecular flexibility index (Phi) is 5.83. The summed E-state index contributed by atoms with van der Waals surface area (Å²) < 4.78 is 42.4. The Morgan fingerprint density at radius 1 is 0.933 bits per heavy atom. The van der Waals surface area contributed by atoms with Gasteiger partial charge in [-0.3, -0.25) is 4.98 Å². The number of para-hydroxylation sites is 1. The normalized spacial score (nSPS) is 14.5. The van der Waals surface area contributed by atoms with Crippen LogP contribution >= 0.6 is 0 Å². The number of alkyl halides is 3. The summed E-state index contributed by atoms with van der Waals surface area (Å²) in [5.74, 6) is 0. The molecule has 1 aromatic heterocycles. The lowest BCUT2D eigenvalue weighted by molar-refractivity contribution is -0.266. The minimum atomic E-state index is -4.78. The summed E-state index contributed by atoms with van der Waals surface area (Å²) in [4.78, 5) is 6.14. The smallest absolute Gasteiger partial charge is 0.380 e. The van der Waals surface area contributed by atoms with Gasteiger partial charge in [0.2, 0.25) is 0 Å². The molecule has 3 nitrogen and oxygen atoms in total. The monoisotopic (exact) mass is 416 g/mol. The maximum absolute atomic E-state index is 14.1. The van der Waals surface area contributed by atoms with E-state index in [4.69, 9.17) is 0 Å². The van der Waals surface area contributed by atoms with Crippen LogP contribution in [0.15, 0.2) is 60.8 Å². The first-order chi connectivity index (χ1) is 13.9. The van der Waals surface area contributed by atoms with Crippen LogP contribution in [0.3, 0.4) is 0 Å². The molecule has 1 heterocycles. The zero-order chi connectivity index (χ0) is 22.2. The summed E-state index contributed by atoms with van der Waals surface area (Å²) in [7, 11) is 3.81. The highest BCUT2D eigenvalue weighted by Gasteiger charge is 2.55. The van der Waals surface area contributed by atoms with Gasteiger partial charge < -0.3 is 10.0 Å². The van der Waals surface area contributed by atoms with Gasteiger partial charge in [-0.2, -0.15) is 13.2 Å². The van der Waals surface area contributed by atoms with Gasteiger partial charge in [0.25, 0.3) is 0 Å². The van der Waals surface area contributed by atoms with E-state index < -0.39 is 30.0 Å². The van der Waals surface area contributed by atoms with Crippen molar-refractivity contribution in [1.82, 2.24) is 4.98 Å². The van der Waals surface area contributed by atoms with Gasteiger partial charge in [0.05, 0.1) is 5.52 Å². The molecule has 0 fully saturated rings. The van der Waals surface area contributed by atoms with Crippen LogP contribution in [0.5, 0.6) is 0 Å². The van der Waals surface area contributed by atoms with Gasteiger partial charge in [0.1, 0.15) is 0 Å². The van der Waals surface area contributed by atoms with Crippen LogP contribution in [0.1, 0.15) is 31.4 Å². The molecule has 2 aromatic carbocycles. The molecular weight excluding hydrogens is 389 g/mol. The van der Waals surface area contributed by atoms with Gasteiger partial charge >= 0.3 is 6.18 Å². The molecule has 1 N–H and O–H groups in total. The second kappa shape index (κ2) is 7.91. The van der Waals surface area contributed by atoms with Crippen molar-refractivity contribution in [2.75, 3.05) is 19.0 Å². The van der Waals surface area contributed by atoms with E-state index >= 15 is 0 Å². The summed E-state index contributed by atoms with van der Waals surface area (Å²) in [5, 5.41) is 11.6. The fourth-order valence-corrected chi connectivity index (χ4v) is 3.93. The van der Waals surface area contributed by atoms with E-state index in [-0.39, 0.29) is 0 Å². The lowest BCUT2D eigenvalue weighted by Crippen LogP contribution is -2.50. The van der Waals surface area contributed by atoms with Crippen LogP contribution in [0.2, 0.25) is 0 Å². The summed E-state index contributed by atoms with van der Waals surface area (Å²) >= 11 is 0. The summed E-state index contributed by atoms with van der Waals surface area (Å²) in [6, 6.07) is 16.0. The number of hydrogen-bond acceptors (Lipinski definition) is 3. The van der Waals surface area contributed by atoms with Gasteiger partial charge in [-0.05, 0) is 47.2 Å². The van der Waals surface area contributed by atoms with Crippen molar-refractivity contribution < 1.29 is 18.3 Å². The molecule has 0 spiro atoms. The summed E-state index contributed by atoms with van der Waals surface area (Å²) in [6.07, 6.45) is -4.28. The van der Waals surface area contributed by atoms with E-state index in [1.807, 2.05) is 43.3 Å². The average Bonchev–Trinajstić information content (AvgIpc) is 2.67. The molecule has 0 aliphatic rings. The van der Waals surface area contributed by atoms with Gasteiger partial charge in [-0.15, -0.1) is 0 Å². The van der Waals surface area contributed by atoms with E-state index in [9.17, 15) is 18.3 Å². The number of pyridine rings is 1. The first kappa shape index (κ1) is 22.1. The molecule has 30 heavy (non-hydrogen) atoms. The van der Waals surface area contributed by atoms with Crippen LogP contribution in [0, 0.1) is 0 Å². The second-order valence-electron chi connectivity index (χ2n) is 8.70. The Morgan fingerprint density at radius 2 is 1.57 bits per heavy atom. The van der Waals surface area contributed by atoms with E-state index in [1.165, 1.54) is 6.20 Å². The SMILES string of the molecule is CN(C)c1ccc(C(C)(C)CC(O)(Cc2ccnc3ccccc23)C(F)(F)F)cc1. The van der Waals surface area contributed by atoms with Crippen LogP contribution in [0.4, 0.5) is 18.9 Å². The molecular formula is C24H27F3N2O. The van der Waals surface area contributed by atoms with Crippen LogP contribution < -0.4 is 4.90 Å². The van der Waals surface area contributed by atoms with Crippen molar-refractivity contribution in [2.24, 2.45) is 0 Å². The molecule has 3 aromatic rings. The molecule has 0 saturated heterocycles. The largest absolute Gasteiger partial charge is 0.417 e. The number of benzene rings is 2. The minimum Gasteiger partial charge on any atom is -0.380 e. The fourth-order valence-electron chi connectivity index (χ4n) is 3.93. The van der Waals surface area contributed by atoms with Gasteiger partial charge in [0, 0.05) is 37.8 Å². The lowest BCUT2D eigenvalue weighted by atomic mass is 9.73. The number of aliphatic hydroxyl groups is 1. The van der Waals surface area contributed by atoms with Crippen molar-refractivity contribution in [3.05, 3.63) is 71.9 Å². The molecule has 1 unspecified atom stereocenters. The maximum atomic E-state index is 14.1. The van der Waals surface area contributed by atoms with Crippen molar-refractivity contribution in [1.29, 1.82) is 0 Å². The number of hydrogen-bond donors (Lipinski definition) is 1. The summed E-state index contributed by atoms with van der Waals surface area (Å²) in [6.45, 7) is 3.47. The van der Waals surface area contributed by atoms with E-state index in [0.717, 1.165) is 11.3 Å². The quantitative estimate of drug-likeness (QED) is 0.576. The molecule has 0 aliphatic heterocycles. The third-order valence-corrected chi connectivity index (χ3v) is 5.65. The third kappa shape index (κ3) is 4.43. The standard InChI is InChI=1S/C24H27F3N2O/c1-22(2,18-9-11-19(12-10-18)29(3)4)16-23(30,24(25,26)27)15-17-13-14-28-21-8-6-5-7-20(17)21/h5-14,30H,15-16H2,1-4H3. The minimum absolute atomic E-state index is 0.430. The Morgan fingerprint density at radius 3 is 2.17 bits per heavy atom. The Labute approximate surface area is 175 Å². The molecule has 0 bridgehead atoms. The van der Waals surface area contributed by atoms with Crippen LogP contribution in [0.25, 0.3) is 10.9 Å². The number of nitrogens with zero attached hydrogens (tertiary/aromatic N) is 2. The van der Waals surface area contributed by atoms with Crippen molar-refractivity contribution in [3.8, 4) is 0 Å². The van der Waals surface area contributed by atoms with Crippen molar-refractivity contribution in [3.63, 3.8) is 0 Å². The number of rotatable bonds is 6. The average molecular weight is 416 g/mol. The molecule has 0 amide bonds. The van der Waals surface area contributed by atoms with E-state index in [2.05, 4.69) is 4.98 Å². The van der Waals surface area contributed by atoms with Crippen molar-refractivity contribution in [2.45, 2.75) is 43.9 Å². The van der Waals surface area contributed by atoms with Crippen LogP contribution in [-0.2, 0) is 11.8 Å². The first-order valence-corrected chi connectivity index (χ1v) is 9.83. The molecule has 1 atom stereocenters. The zero-order valence-corrected chi connectivity index (χ0v) is 17.7. The molecule has 0 aliphatic carbocycles. The van der Waals surface area contributed by atoms with Crippen molar-refractivity contribution >= 4 is 16.6 Å². The highest BCUT2D eigenvalue weighted by molar-refractivity contribution is 5.81. The number of anilines is 1. The topological polar surface area (TPSA) is 36.4 Å². The molecule has 3 rings (SSSR count). The number of fused-ring (bicyclic) bond motifs is 1. The molecule has 0 radical (unpaired) electrons. The third-order valence-electron chi connectivity index (χ3n) is 5.65. The van der Waals surface area contributed by atoms with E-state index in [1.54, 1.807) is 44.2 Å². The Balaban J connectivity index is 1.97. The maximum Gasteiger partial charge on any atom is 0.417 e. The fraction of sp³-hybridized carbons (Fsp3) is 0.375. The number of aromatic nitrogens is 1. The van der Waals surface area contributed by atoms with Crippen LogP contribution in [-0.4, -0.2) is 36.0 Å². The zero-order valence-electron chi connectivity index (χ0n) is 17.7. The predicted molar refractivity (Wildman–Crippen MR) is 115 cm³/mol.